The highest BCUT2D eigenvalue weighted by atomic mass is 35.5. The zero-order valence-electron chi connectivity index (χ0n) is 18.3. The summed E-state index contributed by atoms with van der Waals surface area (Å²) in [4.78, 5) is 38.6. The first kappa shape index (κ1) is 22.9. The average molecular weight is 481 g/mol. The maximum Gasteiger partial charge on any atom is 0.337 e. The number of carboxylic acid groups (broad SMARTS) is 1. The maximum atomic E-state index is 13.0. The van der Waals surface area contributed by atoms with Gasteiger partial charge in [-0.05, 0) is 74.0 Å². The highest BCUT2D eigenvalue weighted by molar-refractivity contribution is 8.18. The van der Waals surface area contributed by atoms with Crippen molar-refractivity contribution >= 4 is 46.6 Å². The summed E-state index contributed by atoms with van der Waals surface area (Å²) in [5, 5.41) is 9.25. The van der Waals surface area contributed by atoms with Crippen LogP contribution in [0.2, 0.25) is 5.02 Å². The second kappa shape index (κ2) is 8.92. The number of aromatic nitrogens is 1. The third-order valence-electron chi connectivity index (χ3n) is 5.49. The third-order valence-corrected chi connectivity index (χ3v) is 6.73. The molecule has 0 radical (unpaired) electrons. The number of thioether (sulfide) groups is 1. The lowest BCUT2D eigenvalue weighted by Gasteiger charge is -2.12. The van der Waals surface area contributed by atoms with E-state index in [0.29, 0.717) is 10.6 Å². The lowest BCUT2D eigenvalue weighted by Crippen LogP contribution is -2.27. The lowest BCUT2D eigenvalue weighted by atomic mass is 10.1. The Hall–Kier alpha value is -3.29. The van der Waals surface area contributed by atoms with Crippen LogP contribution in [0.25, 0.3) is 11.8 Å². The summed E-state index contributed by atoms with van der Waals surface area (Å²) in [5.41, 5.74) is 5.08. The van der Waals surface area contributed by atoms with Crippen LogP contribution >= 0.6 is 23.4 Å². The van der Waals surface area contributed by atoms with Gasteiger partial charge in [-0.2, -0.15) is 0 Å². The van der Waals surface area contributed by atoms with E-state index >= 15 is 0 Å². The minimum Gasteiger partial charge on any atom is -0.478 e. The first-order valence-electron chi connectivity index (χ1n) is 10.2. The summed E-state index contributed by atoms with van der Waals surface area (Å²) < 4.78 is 1.89. The molecule has 33 heavy (non-hydrogen) atoms. The smallest absolute Gasteiger partial charge is 0.337 e. The number of carbonyl (C=O) groups is 3. The Labute approximate surface area is 200 Å². The number of hydrogen-bond donors (Lipinski definition) is 1. The maximum absolute atomic E-state index is 13.0. The molecule has 0 unspecified atom stereocenters. The van der Waals surface area contributed by atoms with Gasteiger partial charge in [0.15, 0.2) is 0 Å². The highest BCUT2D eigenvalue weighted by Crippen LogP contribution is 2.35. The Morgan fingerprint density at radius 2 is 1.85 bits per heavy atom. The Kier molecular flexibility index (Phi) is 6.19. The number of carbonyl (C=O) groups excluding carboxylic acids is 2. The SMILES string of the molecule is Cc1cccc(CN2C(=O)S/C(=C\c3cc(C)n(-c4ccc(Cl)c(C(=O)O)c4)c3C)C2=O)c1. The molecule has 2 heterocycles. The second-order valence-corrected chi connectivity index (χ2v) is 9.29. The zero-order valence-corrected chi connectivity index (χ0v) is 19.8. The standard InChI is InChI=1S/C25H21ClN2O4S/c1-14-5-4-6-17(9-14)13-27-23(29)22(33-25(27)32)11-18-10-15(2)28(16(18)3)19-7-8-21(26)20(12-19)24(30)31/h4-12H,13H2,1-3H3,(H,30,31)/b22-11-. The van der Waals surface area contributed by atoms with E-state index in [2.05, 4.69) is 0 Å². The number of nitrogens with zero attached hydrogens (tertiary/aromatic N) is 2. The number of benzene rings is 2. The fraction of sp³-hybridized carbons (Fsp3) is 0.160. The Balaban J connectivity index is 1.65. The molecule has 0 bridgehead atoms. The topological polar surface area (TPSA) is 79.6 Å². The molecule has 168 valence electrons. The van der Waals surface area contributed by atoms with E-state index in [1.807, 2.05) is 55.7 Å². The van der Waals surface area contributed by atoms with Crippen LogP contribution < -0.4 is 0 Å². The molecule has 0 atom stereocenters. The Morgan fingerprint density at radius 3 is 2.55 bits per heavy atom. The Bertz CT molecular complexity index is 1340. The number of carboxylic acids is 1. The van der Waals surface area contributed by atoms with Crippen LogP contribution in [-0.2, 0) is 11.3 Å². The number of halogens is 1. The number of imide groups is 1. The fourth-order valence-electron chi connectivity index (χ4n) is 3.92. The summed E-state index contributed by atoms with van der Waals surface area (Å²) in [6.45, 7) is 5.96. The second-order valence-electron chi connectivity index (χ2n) is 7.89. The summed E-state index contributed by atoms with van der Waals surface area (Å²) in [6.07, 6.45) is 1.72. The van der Waals surface area contributed by atoms with E-state index in [9.17, 15) is 19.5 Å². The first-order chi connectivity index (χ1) is 15.7. The minimum atomic E-state index is -1.10. The summed E-state index contributed by atoms with van der Waals surface area (Å²) in [7, 11) is 0. The Morgan fingerprint density at radius 1 is 1.09 bits per heavy atom. The van der Waals surface area contributed by atoms with Crippen molar-refractivity contribution in [3.63, 3.8) is 0 Å². The van der Waals surface area contributed by atoms with Gasteiger partial charge in [0, 0.05) is 17.1 Å². The molecule has 4 rings (SSSR count). The summed E-state index contributed by atoms with van der Waals surface area (Å²) >= 11 is 6.93. The van der Waals surface area contributed by atoms with Crippen LogP contribution in [0.15, 0.2) is 53.4 Å². The van der Waals surface area contributed by atoms with Gasteiger partial charge in [-0.25, -0.2) is 4.79 Å². The van der Waals surface area contributed by atoms with Crippen molar-refractivity contribution in [3.05, 3.63) is 92.1 Å². The van der Waals surface area contributed by atoms with E-state index in [-0.39, 0.29) is 28.3 Å². The normalized spacial score (nSPS) is 15.0. The van der Waals surface area contributed by atoms with Gasteiger partial charge >= 0.3 is 5.97 Å². The number of rotatable bonds is 5. The number of aromatic carboxylic acids is 1. The molecular formula is C25H21ClN2O4S. The highest BCUT2D eigenvalue weighted by Gasteiger charge is 2.35. The molecule has 2 amide bonds. The summed E-state index contributed by atoms with van der Waals surface area (Å²) in [6, 6.07) is 14.4. The molecule has 1 saturated heterocycles. The predicted molar refractivity (Wildman–Crippen MR) is 130 cm³/mol. The molecule has 1 N–H and O–H groups in total. The summed E-state index contributed by atoms with van der Waals surface area (Å²) in [5.74, 6) is -1.43. The number of aryl methyl sites for hydroxylation is 2. The van der Waals surface area contributed by atoms with Gasteiger partial charge in [-0.3, -0.25) is 14.5 Å². The van der Waals surface area contributed by atoms with E-state index in [4.69, 9.17) is 11.6 Å². The number of hydrogen-bond acceptors (Lipinski definition) is 4. The zero-order chi connectivity index (χ0) is 23.9. The lowest BCUT2D eigenvalue weighted by molar-refractivity contribution is -0.123. The monoisotopic (exact) mass is 480 g/mol. The fourth-order valence-corrected chi connectivity index (χ4v) is 4.95. The molecule has 1 aliphatic rings. The van der Waals surface area contributed by atoms with E-state index < -0.39 is 5.97 Å². The van der Waals surface area contributed by atoms with Gasteiger partial charge in [0.05, 0.1) is 22.0 Å². The van der Waals surface area contributed by atoms with Crippen molar-refractivity contribution < 1.29 is 19.5 Å². The number of amides is 2. The van der Waals surface area contributed by atoms with Crippen LogP contribution in [-0.4, -0.2) is 31.7 Å². The van der Waals surface area contributed by atoms with Gasteiger partial charge in [-0.15, -0.1) is 0 Å². The van der Waals surface area contributed by atoms with Crippen molar-refractivity contribution in [1.29, 1.82) is 0 Å². The molecule has 1 fully saturated rings. The van der Waals surface area contributed by atoms with Gasteiger partial charge in [0.25, 0.3) is 11.1 Å². The molecule has 0 saturated carbocycles. The van der Waals surface area contributed by atoms with Crippen molar-refractivity contribution in [1.82, 2.24) is 9.47 Å². The van der Waals surface area contributed by atoms with Crippen LogP contribution in [0.1, 0.15) is 38.4 Å². The molecule has 3 aromatic rings. The molecule has 1 aliphatic heterocycles. The van der Waals surface area contributed by atoms with Crippen LogP contribution in [0.4, 0.5) is 4.79 Å². The quantitative estimate of drug-likeness (QED) is 0.453. The van der Waals surface area contributed by atoms with E-state index in [0.717, 1.165) is 39.8 Å². The van der Waals surface area contributed by atoms with Gasteiger partial charge in [0.1, 0.15) is 0 Å². The molecule has 1 aromatic heterocycles. The molecule has 8 heteroatoms. The molecule has 2 aromatic carbocycles. The van der Waals surface area contributed by atoms with Crippen molar-refractivity contribution in [2.24, 2.45) is 0 Å². The average Bonchev–Trinajstić information content (AvgIpc) is 3.18. The van der Waals surface area contributed by atoms with Gasteiger partial charge in [-0.1, -0.05) is 41.4 Å². The molecular weight excluding hydrogens is 460 g/mol. The van der Waals surface area contributed by atoms with Gasteiger partial charge in [0.2, 0.25) is 0 Å². The van der Waals surface area contributed by atoms with Crippen molar-refractivity contribution in [3.8, 4) is 5.69 Å². The van der Waals surface area contributed by atoms with Crippen molar-refractivity contribution in [2.75, 3.05) is 0 Å². The van der Waals surface area contributed by atoms with E-state index in [1.54, 1.807) is 18.2 Å². The molecule has 0 aliphatic carbocycles. The van der Waals surface area contributed by atoms with Crippen LogP contribution in [0.3, 0.4) is 0 Å². The molecule has 0 spiro atoms. The first-order valence-corrected chi connectivity index (χ1v) is 11.4. The molecule has 6 nitrogen and oxygen atoms in total. The third kappa shape index (κ3) is 4.47. The van der Waals surface area contributed by atoms with Crippen LogP contribution in [0, 0.1) is 20.8 Å². The minimum absolute atomic E-state index is 0.0143. The largest absolute Gasteiger partial charge is 0.478 e. The van der Waals surface area contributed by atoms with Crippen molar-refractivity contribution in [2.45, 2.75) is 27.3 Å². The van der Waals surface area contributed by atoms with Crippen LogP contribution in [0.5, 0.6) is 0 Å². The van der Waals surface area contributed by atoms with E-state index in [1.165, 1.54) is 11.0 Å². The van der Waals surface area contributed by atoms with Gasteiger partial charge < -0.3 is 9.67 Å². The predicted octanol–water partition coefficient (Wildman–Crippen LogP) is 5.99.